The zero-order chi connectivity index (χ0) is 14.1. The van der Waals surface area contributed by atoms with Crippen molar-refractivity contribution in [2.75, 3.05) is 19.8 Å². The fourth-order valence-electron chi connectivity index (χ4n) is 1.83. The Labute approximate surface area is 115 Å². The smallest absolute Gasteiger partial charge is 0.174 e. The fourth-order valence-corrected chi connectivity index (χ4v) is 1.83. The van der Waals surface area contributed by atoms with E-state index in [0.717, 1.165) is 12.4 Å². The third kappa shape index (κ3) is 5.73. The zero-order valence-corrected chi connectivity index (χ0v) is 11.8. The van der Waals surface area contributed by atoms with Crippen LogP contribution in [0.15, 0.2) is 24.3 Å². The molecule has 0 aromatic heterocycles. The van der Waals surface area contributed by atoms with Crippen LogP contribution in [0.4, 0.5) is 0 Å². The standard InChI is InChI=1S/C15H22N2O2/c1-4-18-11-12(2)17-13(3)14-5-7-15(8-6-14)19-10-9-16/h5-8,12-13,17H,4,10-11H2,1-3H3. The normalized spacial score (nSPS) is 13.6. The van der Waals surface area contributed by atoms with Gasteiger partial charge in [-0.15, -0.1) is 0 Å². The highest BCUT2D eigenvalue weighted by molar-refractivity contribution is 5.29. The minimum Gasteiger partial charge on any atom is -0.479 e. The Morgan fingerprint density at radius 2 is 1.95 bits per heavy atom. The predicted octanol–water partition coefficient (Wildman–Crippen LogP) is 2.66. The molecule has 2 unspecified atom stereocenters. The van der Waals surface area contributed by atoms with Gasteiger partial charge in [-0.2, -0.15) is 5.26 Å². The predicted molar refractivity (Wildman–Crippen MR) is 75.1 cm³/mol. The number of ether oxygens (including phenoxy) is 2. The molecule has 0 saturated carbocycles. The van der Waals surface area contributed by atoms with Crippen molar-refractivity contribution in [2.45, 2.75) is 32.9 Å². The van der Waals surface area contributed by atoms with Crippen LogP contribution in [-0.2, 0) is 4.74 Å². The SMILES string of the molecule is CCOCC(C)NC(C)c1ccc(OCC#N)cc1. The number of nitrogens with zero attached hydrogens (tertiary/aromatic N) is 1. The number of nitriles is 1. The van der Waals surface area contributed by atoms with E-state index in [0.29, 0.717) is 12.6 Å². The molecule has 0 radical (unpaired) electrons. The van der Waals surface area contributed by atoms with Crippen LogP contribution in [0.25, 0.3) is 0 Å². The average Bonchev–Trinajstić information content (AvgIpc) is 2.43. The molecule has 1 rings (SSSR count). The van der Waals surface area contributed by atoms with Gasteiger partial charge in [-0.25, -0.2) is 0 Å². The lowest BCUT2D eigenvalue weighted by atomic mass is 10.1. The first-order valence-electron chi connectivity index (χ1n) is 6.60. The number of nitrogens with one attached hydrogen (secondary N) is 1. The van der Waals surface area contributed by atoms with Gasteiger partial charge in [-0.1, -0.05) is 12.1 Å². The van der Waals surface area contributed by atoms with Crippen molar-refractivity contribution in [1.82, 2.24) is 5.32 Å². The molecule has 104 valence electrons. The van der Waals surface area contributed by atoms with Gasteiger partial charge in [-0.3, -0.25) is 0 Å². The molecule has 2 atom stereocenters. The Balaban J connectivity index is 2.48. The van der Waals surface area contributed by atoms with E-state index in [1.807, 2.05) is 37.3 Å². The second-order valence-corrected chi connectivity index (χ2v) is 4.46. The van der Waals surface area contributed by atoms with Crippen molar-refractivity contribution in [3.05, 3.63) is 29.8 Å². The number of hydrogen-bond donors (Lipinski definition) is 1. The molecule has 1 aromatic rings. The van der Waals surface area contributed by atoms with E-state index in [1.54, 1.807) is 0 Å². The summed E-state index contributed by atoms with van der Waals surface area (Å²) in [6.45, 7) is 7.76. The number of benzene rings is 1. The molecule has 0 aliphatic heterocycles. The quantitative estimate of drug-likeness (QED) is 0.782. The molecule has 1 aromatic carbocycles. The van der Waals surface area contributed by atoms with Crippen LogP contribution in [0.2, 0.25) is 0 Å². The Morgan fingerprint density at radius 1 is 1.26 bits per heavy atom. The van der Waals surface area contributed by atoms with Crippen molar-refractivity contribution in [3.8, 4) is 11.8 Å². The lowest BCUT2D eigenvalue weighted by Crippen LogP contribution is -2.32. The van der Waals surface area contributed by atoms with Crippen molar-refractivity contribution < 1.29 is 9.47 Å². The van der Waals surface area contributed by atoms with E-state index in [4.69, 9.17) is 14.7 Å². The summed E-state index contributed by atoms with van der Waals surface area (Å²) in [5.74, 6) is 0.722. The Morgan fingerprint density at radius 3 is 2.53 bits per heavy atom. The third-order valence-electron chi connectivity index (χ3n) is 2.79. The summed E-state index contributed by atoms with van der Waals surface area (Å²) in [5.41, 5.74) is 1.19. The highest BCUT2D eigenvalue weighted by atomic mass is 16.5. The Hall–Kier alpha value is -1.57. The van der Waals surface area contributed by atoms with Gasteiger partial charge < -0.3 is 14.8 Å². The summed E-state index contributed by atoms with van der Waals surface area (Å²) >= 11 is 0. The summed E-state index contributed by atoms with van der Waals surface area (Å²) in [5, 5.41) is 11.9. The van der Waals surface area contributed by atoms with Gasteiger partial charge >= 0.3 is 0 Å². The van der Waals surface area contributed by atoms with Crippen molar-refractivity contribution in [3.63, 3.8) is 0 Å². The fraction of sp³-hybridized carbons (Fsp3) is 0.533. The third-order valence-corrected chi connectivity index (χ3v) is 2.79. The van der Waals surface area contributed by atoms with E-state index in [9.17, 15) is 0 Å². The number of hydrogen-bond acceptors (Lipinski definition) is 4. The maximum Gasteiger partial charge on any atom is 0.174 e. The van der Waals surface area contributed by atoms with Crippen LogP contribution >= 0.6 is 0 Å². The first-order valence-corrected chi connectivity index (χ1v) is 6.60. The van der Waals surface area contributed by atoms with Gasteiger partial charge in [0.25, 0.3) is 0 Å². The molecule has 0 bridgehead atoms. The molecule has 0 amide bonds. The minimum absolute atomic E-state index is 0.0819. The van der Waals surface area contributed by atoms with Gasteiger partial charge in [0.2, 0.25) is 0 Å². The molecule has 4 nitrogen and oxygen atoms in total. The molecular weight excluding hydrogens is 240 g/mol. The van der Waals surface area contributed by atoms with E-state index in [-0.39, 0.29) is 12.6 Å². The largest absolute Gasteiger partial charge is 0.479 e. The second kappa shape index (κ2) is 8.52. The topological polar surface area (TPSA) is 54.3 Å². The Kier molecular flexibility index (Phi) is 6.94. The molecule has 1 N–H and O–H groups in total. The Bertz CT molecular complexity index is 398. The molecule has 0 heterocycles. The summed E-state index contributed by atoms with van der Waals surface area (Å²) in [4.78, 5) is 0. The summed E-state index contributed by atoms with van der Waals surface area (Å²) in [7, 11) is 0. The highest BCUT2D eigenvalue weighted by Crippen LogP contribution is 2.18. The van der Waals surface area contributed by atoms with E-state index in [2.05, 4.69) is 19.2 Å². The lowest BCUT2D eigenvalue weighted by molar-refractivity contribution is 0.124. The molecule has 0 fully saturated rings. The molecule has 4 heteroatoms. The van der Waals surface area contributed by atoms with Crippen LogP contribution < -0.4 is 10.1 Å². The summed E-state index contributed by atoms with van der Waals surface area (Å²) in [6.07, 6.45) is 0. The van der Waals surface area contributed by atoms with Gasteiger partial charge in [0.15, 0.2) is 6.61 Å². The first kappa shape index (κ1) is 15.5. The van der Waals surface area contributed by atoms with Crippen molar-refractivity contribution >= 4 is 0 Å². The highest BCUT2D eigenvalue weighted by Gasteiger charge is 2.09. The zero-order valence-electron chi connectivity index (χ0n) is 11.8. The molecule has 0 saturated heterocycles. The summed E-state index contributed by atoms with van der Waals surface area (Å²) < 4.78 is 10.6. The maximum atomic E-state index is 8.44. The number of rotatable bonds is 8. The van der Waals surface area contributed by atoms with Crippen LogP contribution in [0.3, 0.4) is 0 Å². The van der Waals surface area contributed by atoms with Crippen LogP contribution in [-0.4, -0.2) is 25.9 Å². The second-order valence-electron chi connectivity index (χ2n) is 4.46. The van der Waals surface area contributed by atoms with Gasteiger partial charge in [0.05, 0.1) is 6.61 Å². The van der Waals surface area contributed by atoms with E-state index >= 15 is 0 Å². The van der Waals surface area contributed by atoms with E-state index < -0.39 is 0 Å². The first-order chi connectivity index (χ1) is 9.17. The minimum atomic E-state index is 0.0819. The lowest BCUT2D eigenvalue weighted by Gasteiger charge is -2.20. The average molecular weight is 262 g/mol. The van der Waals surface area contributed by atoms with E-state index in [1.165, 1.54) is 5.56 Å². The molecule has 0 aliphatic rings. The van der Waals surface area contributed by atoms with Gasteiger partial charge in [0.1, 0.15) is 11.8 Å². The molecule has 0 aliphatic carbocycles. The molecule has 19 heavy (non-hydrogen) atoms. The monoisotopic (exact) mass is 262 g/mol. The molecule has 0 spiro atoms. The molecular formula is C15H22N2O2. The van der Waals surface area contributed by atoms with Gasteiger partial charge in [0, 0.05) is 18.7 Å². The van der Waals surface area contributed by atoms with Crippen molar-refractivity contribution in [1.29, 1.82) is 5.26 Å². The van der Waals surface area contributed by atoms with Gasteiger partial charge in [-0.05, 0) is 38.5 Å². The van der Waals surface area contributed by atoms with Crippen LogP contribution in [0.5, 0.6) is 5.75 Å². The maximum absolute atomic E-state index is 8.44. The van der Waals surface area contributed by atoms with Crippen LogP contribution in [0, 0.1) is 11.3 Å². The van der Waals surface area contributed by atoms with Crippen molar-refractivity contribution in [2.24, 2.45) is 0 Å². The van der Waals surface area contributed by atoms with Crippen LogP contribution in [0.1, 0.15) is 32.4 Å². The summed E-state index contributed by atoms with van der Waals surface area (Å²) in [6, 6.07) is 10.3.